The molecule has 17 heteroatoms. The van der Waals surface area contributed by atoms with Crippen LogP contribution in [0.4, 0.5) is 0 Å². The van der Waals surface area contributed by atoms with Gasteiger partial charge in [-0.25, -0.2) is 9.78 Å². The molecule has 9 N–H and O–H groups in total. The fourth-order valence-electron chi connectivity index (χ4n) is 5.84. The number of carboxylic acid groups (broad SMARTS) is 1. The largest absolute Gasteiger partial charge is 0.480 e. The molecule has 1 rings (SSSR count). The SMILES string of the molecule is CCCCCC/C=C\CC(=O)N[C@@H](CO)C(=O)N[C@@H](C(=O)N[C@@H](Cc1cnc[nH]1)C(=O)N[C@H](C(=O)N[C@H](CC(C)C)C(=O)N[C@H](C(=O)O)C(C)C)C(C)C)C(C)C. The number of hydrogen-bond acceptors (Lipinski definition) is 9. The molecule has 0 unspecified atom stereocenters. The number of H-pyrrole nitrogens is 1. The van der Waals surface area contributed by atoms with E-state index in [0.29, 0.717) is 5.69 Å². The molecular formula is C40H68N8O9. The summed E-state index contributed by atoms with van der Waals surface area (Å²) in [6.45, 7) is 15.1. The van der Waals surface area contributed by atoms with Crippen LogP contribution >= 0.6 is 0 Å². The van der Waals surface area contributed by atoms with Crippen LogP contribution in [0.1, 0.15) is 113 Å². The van der Waals surface area contributed by atoms with Crippen LogP contribution in [-0.4, -0.2) is 104 Å². The number of nitrogens with zero attached hydrogens (tertiary/aromatic N) is 1. The average Bonchev–Trinajstić information content (AvgIpc) is 3.65. The number of aliphatic carboxylic acids is 1. The Morgan fingerprint density at radius 3 is 1.67 bits per heavy atom. The van der Waals surface area contributed by atoms with E-state index >= 15 is 0 Å². The topological polar surface area (TPSA) is 261 Å². The zero-order valence-corrected chi connectivity index (χ0v) is 35.1. The number of carbonyl (C=O) groups is 7. The van der Waals surface area contributed by atoms with Crippen LogP contribution in [0.2, 0.25) is 0 Å². The number of nitrogens with one attached hydrogen (secondary N) is 7. The van der Waals surface area contributed by atoms with Crippen LogP contribution in [0.15, 0.2) is 24.7 Å². The molecular weight excluding hydrogens is 736 g/mol. The average molecular weight is 805 g/mol. The molecule has 322 valence electrons. The maximum atomic E-state index is 13.9. The number of aliphatic hydroxyl groups excluding tert-OH is 1. The quantitative estimate of drug-likeness (QED) is 0.0461. The Morgan fingerprint density at radius 1 is 0.667 bits per heavy atom. The van der Waals surface area contributed by atoms with Crippen LogP contribution in [0.3, 0.4) is 0 Å². The van der Waals surface area contributed by atoms with Gasteiger partial charge in [0.2, 0.25) is 35.4 Å². The second kappa shape index (κ2) is 26.2. The summed E-state index contributed by atoms with van der Waals surface area (Å²) in [6.07, 6.45) is 11.8. The van der Waals surface area contributed by atoms with E-state index in [4.69, 9.17) is 0 Å². The maximum Gasteiger partial charge on any atom is 0.326 e. The van der Waals surface area contributed by atoms with Crippen molar-refractivity contribution in [2.24, 2.45) is 23.7 Å². The second-order valence-corrected chi connectivity index (χ2v) is 15.9. The van der Waals surface area contributed by atoms with Crippen molar-refractivity contribution in [2.75, 3.05) is 6.61 Å². The number of imidazole rings is 1. The molecule has 0 aliphatic carbocycles. The highest BCUT2D eigenvalue weighted by atomic mass is 16.4. The third-order valence-electron chi connectivity index (χ3n) is 9.20. The lowest BCUT2D eigenvalue weighted by molar-refractivity contribution is -0.143. The molecule has 0 saturated carbocycles. The first-order chi connectivity index (χ1) is 26.8. The fourth-order valence-corrected chi connectivity index (χ4v) is 5.84. The Bertz CT molecular complexity index is 1460. The summed E-state index contributed by atoms with van der Waals surface area (Å²) in [5.41, 5.74) is 0.482. The number of unbranched alkanes of at least 4 members (excludes halogenated alkanes) is 4. The Hall–Kier alpha value is -4.80. The molecule has 17 nitrogen and oxygen atoms in total. The smallest absolute Gasteiger partial charge is 0.326 e. The molecule has 1 aromatic rings. The number of hydrogen-bond donors (Lipinski definition) is 9. The number of carboxylic acids is 1. The zero-order valence-electron chi connectivity index (χ0n) is 35.1. The van der Waals surface area contributed by atoms with Crippen molar-refractivity contribution in [3.8, 4) is 0 Å². The highest BCUT2D eigenvalue weighted by Crippen LogP contribution is 2.12. The highest BCUT2D eigenvalue weighted by molar-refractivity contribution is 5.97. The molecule has 0 bridgehead atoms. The van der Waals surface area contributed by atoms with Crippen LogP contribution < -0.4 is 31.9 Å². The third kappa shape index (κ3) is 18.8. The minimum absolute atomic E-state index is 0.0142. The van der Waals surface area contributed by atoms with Crippen molar-refractivity contribution < 1.29 is 43.8 Å². The predicted octanol–water partition coefficient (Wildman–Crippen LogP) is 1.87. The van der Waals surface area contributed by atoms with Crippen LogP contribution in [0.25, 0.3) is 0 Å². The van der Waals surface area contributed by atoms with E-state index in [9.17, 15) is 43.8 Å². The lowest BCUT2D eigenvalue weighted by atomic mass is 9.98. The molecule has 0 spiro atoms. The second-order valence-electron chi connectivity index (χ2n) is 15.9. The van der Waals surface area contributed by atoms with Crippen molar-refractivity contribution >= 4 is 41.4 Å². The van der Waals surface area contributed by atoms with Gasteiger partial charge in [-0.1, -0.05) is 93.7 Å². The first-order valence-electron chi connectivity index (χ1n) is 20.1. The van der Waals surface area contributed by atoms with Crippen molar-refractivity contribution in [3.63, 3.8) is 0 Å². The zero-order chi connectivity index (χ0) is 43.2. The standard InChI is InChI=1S/C40H68N8O9/c1-10-11-12-13-14-15-16-17-31(50)43-30(21-49)37(53)47-33(25(6)7)39(55)45-29(19-27-20-41-22-42-27)36(52)46-32(24(4)5)38(54)44-28(18-23(2)3)35(51)48-34(26(8)9)40(56)57/h15-16,20,22-26,28-30,32-34,49H,10-14,17-19,21H2,1-9H3,(H,41,42)(H,43,50)(H,44,54)(H,45,55)(H,46,52)(H,47,53)(H,48,51)(H,56,57)/b16-15-/t28-,29+,30+,32+,33-,34+/m1/s1. The monoisotopic (exact) mass is 805 g/mol. The Morgan fingerprint density at radius 2 is 1.19 bits per heavy atom. The first-order valence-corrected chi connectivity index (χ1v) is 20.1. The molecule has 0 fully saturated rings. The molecule has 57 heavy (non-hydrogen) atoms. The summed E-state index contributed by atoms with van der Waals surface area (Å²) in [4.78, 5) is 99.1. The number of amides is 6. The predicted molar refractivity (Wildman–Crippen MR) is 215 cm³/mol. The van der Waals surface area contributed by atoms with Gasteiger partial charge in [0.15, 0.2) is 0 Å². The molecule has 0 aliphatic rings. The normalized spacial score (nSPS) is 14.8. The van der Waals surface area contributed by atoms with Gasteiger partial charge in [0, 0.05) is 24.7 Å². The number of allylic oxidation sites excluding steroid dienone is 1. The summed E-state index contributed by atoms with van der Waals surface area (Å²) in [5.74, 6) is -6.78. The van der Waals surface area contributed by atoms with E-state index in [1.807, 2.05) is 19.9 Å². The van der Waals surface area contributed by atoms with Gasteiger partial charge in [-0.2, -0.15) is 0 Å². The Balaban J connectivity index is 3.17. The number of rotatable bonds is 27. The summed E-state index contributed by atoms with van der Waals surface area (Å²) in [7, 11) is 0. The van der Waals surface area contributed by atoms with E-state index in [1.54, 1.807) is 47.6 Å². The number of carbonyl (C=O) groups excluding carboxylic acids is 6. The van der Waals surface area contributed by atoms with E-state index in [0.717, 1.165) is 32.1 Å². The van der Waals surface area contributed by atoms with Crippen molar-refractivity contribution in [2.45, 2.75) is 150 Å². The minimum Gasteiger partial charge on any atom is -0.480 e. The Kier molecular flexibility index (Phi) is 23.1. The van der Waals surface area contributed by atoms with Gasteiger partial charge in [0.25, 0.3) is 0 Å². The van der Waals surface area contributed by atoms with E-state index in [2.05, 4.69) is 48.8 Å². The van der Waals surface area contributed by atoms with Crippen LogP contribution in [0.5, 0.6) is 0 Å². The van der Waals surface area contributed by atoms with E-state index in [-0.39, 0.29) is 25.2 Å². The number of aromatic nitrogens is 2. The summed E-state index contributed by atoms with van der Waals surface area (Å²) in [5, 5.41) is 35.2. The molecule has 1 heterocycles. The summed E-state index contributed by atoms with van der Waals surface area (Å²) >= 11 is 0. The van der Waals surface area contributed by atoms with Crippen LogP contribution in [0, 0.1) is 23.7 Å². The van der Waals surface area contributed by atoms with Gasteiger partial charge in [-0.3, -0.25) is 28.8 Å². The molecule has 0 aliphatic heterocycles. The number of aliphatic hydroxyl groups is 1. The highest BCUT2D eigenvalue weighted by Gasteiger charge is 2.35. The molecule has 0 saturated heterocycles. The van der Waals surface area contributed by atoms with Gasteiger partial charge in [-0.15, -0.1) is 0 Å². The summed E-state index contributed by atoms with van der Waals surface area (Å²) < 4.78 is 0. The fraction of sp³-hybridized carbons (Fsp3) is 0.700. The Labute approximate surface area is 337 Å². The van der Waals surface area contributed by atoms with Gasteiger partial charge in [-0.05, 0) is 42.9 Å². The lowest BCUT2D eigenvalue weighted by Crippen LogP contribution is -2.61. The van der Waals surface area contributed by atoms with Gasteiger partial charge in [0.1, 0.15) is 36.3 Å². The molecule has 0 radical (unpaired) electrons. The maximum absolute atomic E-state index is 13.9. The van der Waals surface area contributed by atoms with E-state index in [1.165, 1.54) is 12.5 Å². The summed E-state index contributed by atoms with van der Waals surface area (Å²) in [6, 6.07) is -7.25. The van der Waals surface area contributed by atoms with Crippen molar-refractivity contribution in [1.29, 1.82) is 0 Å². The van der Waals surface area contributed by atoms with Crippen LogP contribution in [-0.2, 0) is 40.0 Å². The number of aromatic amines is 1. The van der Waals surface area contributed by atoms with Gasteiger partial charge < -0.3 is 47.1 Å². The van der Waals surface area contributed by atoms with Crippen molar-refractivity contribution in [3.05, 3.63) is 30.4 Å². The van der Waals surface area contributed by atoms with Gasteiger partial charge >= 0.3 is 5.97 Å². The first kappa shape index (κ1) is 50.2. The van der Waals surface area contributed by atoms with Gasteiger partial charge in [0.05, 0.1) is 12.9 Å². The van der Waals surface area contributed by atoms with E-state index < -0.39 is 102 Å². The molecule has 1 aromatic heterocycles. The minimum atomic E-state index is -1.33. The van der Waals surface area contributed by atoms with Crippen molar-refractivity contribution in [1.82, 2.24) is 41.9 Å². The molecule has 6 atom stereocenters. The lowest BCUT2D eigenvalue weighted by Gasteiger charge is -2.29. The molecule has 6 amide bonds. The third-order valence-corrected chi connectivity index (χ3v) is 9.20. The molecule has 0 aromatic carbocycles.